The lowest BCUT2D eigenvalue weighted by atomic mass is 9.86. The Morgan fingerprint density at radius 1 is 1.41 bits per heavy atom. The summed E-state index contributed by atoms with van der Waals surface area (Å²) in [5.74, 6) is -0.260. The van der Waals surface area contributed by atoms with Gasteiger partial charge in [0.05, 0.1) is 5.54 Å². The molecule has 0 radical (unpaired) electrons. The third kappa shape index (κ3) is 2.55. The average Bonchev–Trinajstić information content (AvgIpc) is 2.26. The van der Waals surface area contributed by atoms with Crippen LogP contribution in [0.2, 0.25) is 0 Å². The number of carbonyl (C=O) groups is 1. The summed E-state index contributed by atoms with van der Waals surface area (Å²) >= 11 is 0. The van der Waals surface area contributed by atoms with Crippen molar-refractivity contribution in [2.75, 3.05) is 14.1 Å². The largest absolute Gasteiger partial charge is 0.297 e. The Morgan fingerprint density at radius 2 is 2.00 bits per heavy atom. The second-order valence-corrected chi connectivity index (χ2v) is 4.81. The molecular formula is C14H20FNO. The number of ketones is 1. The molecular weight excluding hydrogens is 217 g/mol. The van der Waals surface area contributed by atoms with Gasteiger partial charge in [-0.05, 0) is 58.1 Å². The number of likely N-dealkylation sites (N-methyl/N-ethyl adjacent to an activating group) is 1. The number of hydrogen-bond acceptors (Lipinski definition) is 2. The second kappa shape index (κ2) is 4.96. The van der Waals surface area contributed by atoms with Crippen LogP contribution in [0.5, 0.6) is 0 Å². The summed E-state index contributed by atoms with van der Waals surface area (Å²) in [4.78, 5) is 14.4. The Labute approximate surface area is 102 Å². The Bertz CT molecular complexity index is 428. The van der Waals surface area contributed by atoms with E-state index in [-0.39, 0.29) is 11.6 Å². The summed E-state index contributed by atoms with van der Waals surface area (Å²) in [6, 6.07) is 4.31. The van der Waals surface area contributed by atoms with Crippen LogP contribution in [-0.4, -0.2) is 30.3 Å². The van der Waals surface area contributed by atoms with Gasteiger partial charge in [0.1, 0.15) is 5.82 Å². The van der Waals surface area contributed by atoms with Crippen molar-refractivity contribution in [2.24, 2.45) is 0 Å². The molecule has 0 amide bonds. The topological polar surface area (TPSA) is 20.3 Å². The molecule has 0 bridgehead atoms. The van der Waals surface area contributed by atoms with Crippen molar-refractivity contribution in [3.05, 3.63) is 35.1 Å². The van der Waals surface area contributed by atoms with Gasteiger partial charge in [-0.15, -0.1) is 0 Å². The van der Waals surface area contributed by atoms with Crippen molar-refractivity contribution in [3.8, 4) is 0 Å². The third-order valence-corrected chi connectivity index (χ3v) is 3.60. The van der Waals surface area contributed by atoms with Crippen LogP contribution in [0.4, 0.5) is 4.39 Å². The van der Waals surface area contributed by atoms with Crippen LogP contribution in [-0.2, 0) is 0 Å². The minimum absolute atomic E-state index is 0.0440. The molecule has 0 aliphatic carbocycles. The molecule has 1 aromatic carbocycles. The van der Waals surface area contributed by atoms with Crippen molar-refractivity contribution in [2.45, 2.75) is 32.7 Å². The Kier molecular flexibility index (Phi) is 4.04. The van der Waals surface area contributed by atoms with E-state index in [4.69, 9.17) is 0 Å². The fraction of sp³-hybridized carbons (Fsp3) is 0.500. The maximum Gasteiger partial charge on any atom is 0.183 e. The molecule has 94 valence electrons. The van der Waals surface area contributed by atoms with E-state index in [0.29, 0.717) is 11.1 Å². The van der Waals surface area contributed by atoms with Gasteiger partial charge in [-0.2, -0.15) is 0 Å². The van der Waals surface area contributed by atoms with E-state index in [1.165, 1.54) is 12.1 Å². The summed E-state index contributed by atoms with van der Waals surface area (Å²) in [6.07, 6.45) is 0.718. The number of benzene rings is 1. The number of aryl methyl sites for hydroxylation is 1. The highest BCUT2D eigenvalue weighted by Gasteiger charge is 2.34. The maximum absolute atomic E-state index is 13.0. The van der Waals surface area contributed by atoms with E-state index in [2.05, 4.69) is 0 Å². The number of nitrogens with zero attached hydrogens (tertiary/aromatic N) is 1. The number of Topliss-reactive ketones (excluding diaryl/α,β-unsaturated/α-hetero) is 1. The van der Waals surface area contributed by atoms with Gasteiger partial charge in [0.15, 0.2) is 5.78 Å². The van der Waals surface area contributed by atoms with Crippen molar-refractivity contribution in [3.63, 3.8) is 0 Å². The summed E-state index contributed by atoms with van der Waals surface area (Å²) < 4.78 is 13.0. The van der Waals surface area contributed by atoms with Crippen molar-refractivity contribution >= 4 is 5.78 Å². The fourth-order valence-corrected chi connectivity index (χ4v) is 1.85. The molecule has 3 heteroatoms. The monoisotopic (exact) mass is 237 g/mol. The second-order valence-electron chi connectivity index (χ2n) is 4.81. The number of halogens is 1. The van der Waals surface area contributed by atoms with Crippen LogP contribution in [0, 0.1) is 12.7 Å². The van der Waals surface area contributed by atoms with E-state index in [0.717, 1.165) is 6.42 Å². The number of hydrogen-bond donors (Lipinski definition) is 0. The van der Waals surface area contributed by atoms with Crippen LogP contribution in [0.3, 0.4) is 0 Å². The predicted molar refractivity (Wildman–Crippen MR) is 67.9 cm³/mol. The Balaban J connectivity index is 3.20. The number of rotatable bonds is 4. The van der Waals surface area contributed by atoms with E-state index in [9.17, 15) is 9.18 Å². The summed E-state index contributed by atoms with van der Waals surface area (Å²) in [7, 11) is 3.78. The van der Waals surface area contributed by atoms with E-state index < -0.39 is 5.54 Å². The van der Waals surface area contributed by atoms with Crippen LogP contribution in [0.15, 0.2) is 18.2 Å². The van der Waals surface area contributed by atoms with Gasteiger partial charge < -0.3 is 0 Å². The van der Waals surface area contributed by atoms with Crippen LogP contribution in [0.1, 0.15) is 36.2 Å². The third-order valence-electron chi connectivity index (χ3n) is 3.60. The standard InChI is InChI=1S/C14H20FNO/c1-6-14(3,16(4)5)13(17)12-8-7-11(15)9-10(12)2/h7-9H,6H2,1-5H3. The maximum atomic E-state index is 13.0. The highest BCUT2D eigenvalue weighted by atomic mass is 19.1. The molecule has 1 rings (SSSR count). The zero-order chi connectivity index (χ0) is 13.2. The van der Waals surface area contributed by atoms with E-state index in [1.54, 1.807) is 13.0 Å². The fourth-order valence-electron chi connectivity index (χ4n) is 1.85. The predicted octanol–water partition coefficient (Wildman–Crippen LogP) is 3.05. The lowest BCUT2D eigenvalue weighted by Crippen LogP contribution is -2.48. The first-order valence-corrected chi connectivity index (χ1v) is 5.81. The molecule has 1 atom stereocenters. The molecule has 0 fully saturated rings. The number of carbonyl (C=O) groups excluding carboxylic acids is 1. The molecule has 0 heterocycles. The zero-order valence-corrected chi connectivity index (χ0v) is 11.2. The first kappa shape index (κ1) is 13.8. The van der Waals surface area contributed by atoms with Gasteiger partial charge in [0.2, 0.25) is 0 Å². The molecule has 1 aromatic rings. The Morgan fingerprint density at radius 3 is 2.41 bits per heavy atom. The van der Waals surface area contributed by atoms with E-state index in [1.807, 2.05) is 32.8 Å². The summed E-state index contributed by atoms with van der Waals surface area (Å²) in [5, 5.41) is 0. The average molecular weight is 237 g/mol. The molecule has 0 aromatic heterocycles. The zero-order valence-electron chi connectivity index (χ0n) is 11.2. The molecule has 1 unspecified atom stereocenters. The van der Waals surface area contributed by atoms with Gasteiger partial charge >= 0.3 is 0 Å². The molecule has 0 aliphatic rings. The highest BCUT2D eigenvalue weighted by Crippen LogP contribution is 2.24. The van der Waals surface area contributed by atoms with Crippen molar-refractivity contribution < 1.29 is 9.18 Å². The van der Waals surface area contributed by atoms with Gasteiger partial charge in [-0.3, -0.25) is 9.69 Å². The van der Waals surface area contributed by atoms with Gasteiger partial charge in [-0.25, -0.2) is 4.39 Å². The molecule has 17 heavy (non-hydrogen) atoms. The van der Waals surface area contributed by atoms with E-state index >= 15 is 0 Å². The van der Waals surface area contributed by atoms with Crippen molar-refractivity contribution in [1.29, 1.82) is 0 Å². The smallest absolute Gasteiger partial charge is 0.183 e. The van der Waals surface area contributed by atoms with Crippen LogP contribution < -0.4 is 0 Å². The van der Waals surface area contributed by atoms with Gasteiger partial charge in [0.25, 0.3) is 0 Å². The Hall–Kier alpha value is -1.22. The molecule has 0 spiro atoms. The van der Waals surface area contributed by atoms with Gasteiger partial charge in [0, 0.05) is 5.56 Å². The molecule has 0 saturated heterocycles. The summed E-state index contributed by atoms with van der Waals surface area (Å²) in [6.45, 7) is 5.66. The molecule has 2 nitrogen and oxygen atoms in total. The lowest BCUT2D eigenvalue weighted by molar-refractivity contribution is 0.0710. The first-order chi connectivity index (χ1) is 7.82. The van der Waals surface area contributed by atoms with Crippen LogP contribution in [0.25, 0.3) is 0 Å². The lowest BCUT2D eigenvalue weighted by Gasteiger charge is -2.34. The van der Waals surface area contributed by atoms with Crippen molar-refractivity contribution in [1.82, 2.24) is 4.90 Å². The molecule has 0 saturated carbocycles. The van der Waals surface area contributed by atoms with Crippen LogP contribution >= 0.6 is 0 Å². The SMILES string of the molecule is CCC(C)(C(=O)c1ccc(F)cc1C)N(C)C. The molecule has 0 aliphatic heterocycles. The highest BCUT2D eigenvalue weighted by molar-refractivity contribution is 6.04. The quantitative estimate of drug-likeness (QED) is 0.750. The molecule has 0 N–H and O–H groups in total. The minimum atomic E-state index is -0.539. The summed E-state index contributed by atoms with van der Waals surface area (Å²) in [5.41, 5.74) is 0.753. The normalized spacial score (nSPS) is 14.8. The van der Waals surface area contributed by atoms with Gasteiger partial charge in [-0.1, -0.05) is 6.92 Å². The minimum Gasteiger partial charge on any atom is -0.297 e. The first-order valence-electron chi connectivity index (χ1n) is 5.81.